The SMILES string of the molecule is CCC=CC(=O)Nc1cccc(B(O)O)c1. The summed E-state index contributed by atoms with van der Waals surface area (Å²) in [5, 5.41) is 20.5. The molecule has 0 spiro atoms. The smallest absolute Gasteiger partial charge is 0.423 e. The minimum Gasteiger partial charge on any atom is -0.423 e. The average Bonchev–Trinajstić information content (AvgIpc) is 2.26. The number of rotatable bonds is 4. The molecule has 0 bridgehead atoms. The Morgan fingerprint density at radius 1 is 1.50 bits per heavy atom. The van der Waals surface area contributed by atoms with Gasteiger partial charge >= 0.3 is 7.12 Å². The van der Waals surface area contributed by atoms with Crippen LogP contribution in [0.5, 0.6) is 0 Å². The third kappa shape index (κ3) is 3.88. The second-order valence-electron chi connectivity index (χ2n) is 3.30. The minimum absolute atomic E-state index is 0.230. The molecule has 0 radical (unpaired) electrons. The number of amides is 1. The molecular formula is C11H14BNO3. The lowest BCUT2D eigenvalue weighted by molar-refractivity contribution is -0.111. The van der Waals surface area contributed by atoms with Crippen LogP contribution >= 0.6 is 0 Å². The molecule has 0 saturated carbocycles. The number of carbonyl (C=O) groups is 1. The Morgan fingerprint density at radius 2 is 2.25 bits per heavy atom. The normalized spacial score (nSPS) is 10.4. The number of allylic oxidation sites excluding steroid dienone is 1. The molecule has 0 heterocycles. The molecule has 0 fully saturated rings. The summed E-state index contributed by atoms with van der Waals surface area (Å²) in [6, 6.07) is 6.42. The number of anilines is 1. The van der Waals surface area contributed by atoms with Crippen LogP contribution in [0.1, 0.15) is 13.3 Å². The van der Waals surface area contributed by atoms with E-state index in [2.05, 4.69) is 5.32 Å². The van der Waals surface area contributed by atoms with Gasteiger partial charge in [0, 0.05) is 5.69 Å². The fourth-order valence-corrected chi connectivity index (χ4v) is 1.19. The highest BCUT2D eigenvalue weighted by Crippen LogP contribution is 2.04. The Morgan fingerprint density at radius 3 is 2.88 bits per heavy atom. The predicted molar refractivity (Wildman–Crippen MR) is 64.3 cm³/mol. The van der Waals surface area contributed by atoms with E-state index in [1.54, 1.807) is 24.3 Å². The van der Waals surface area contributed by atoms with Gasteiger partial charge in [-0.3, -0.25) is 4.79 Å². The van der Waals surface area contributed by atoms with Gasteiger partial charge in [-0.05, 0) is 30.1 Å². The molecule has 1 aromatic carbocycles. The lowest BCUT2D eigenvalue weighted by atomic mass is 9.80. The van der Waals surface area contributed by atoms with Gasteiger partial charge in [-0.15, -0.1) is 0 Å². The van der Waals surface area contributed by atoms with Gasteiger partial charge in [0.2, 0.25) is 5.91 Å². The van der Waals surface area contributed by atoms with Crippen molar-refractivity contribution in [3.05, 3.63) is 36.4 Å². The number of benzene rings is 1. The quantitative estimate of drug-likeness (QED) is 0.502. The predicted octanol–water partition coefficient (Wildman–Crippen LogP) is 0.271. The van der Waals surface area contributed by atoms with Gasteiger partial charge in [0.05, 0.1) is 0 Å². The van der Waals surface area contributed by atoms with Crippen LogP contribution in [0.15, 0.2) is 36.4 Å². The number of hydrogen-bond donors (Lipinski definition) is 3. The molecular weight excluding hydrogens is 205 g/mol. The molecule has 1 aromatic rings. The van der Waals surface area contributed by atoms with Gasteiger partial charge in [0.25, 0.3) is 0 Å². The van der Waals surface area contributed by atoms with Crippen LogP contribution in [0.25, 0.3) is 0 Å². The lowest BCUT2D eigenvalue weighted by Crippen LogP contribution is -2.29. The van der Waals surface area contributed by atoms with Gasteiger partial charge in [0.15, 0.2) is 0 Å². The molecule has 84 valence electrons. The van der Waals surface area contributed by atoms with Gasteiger partial charge in [-0.1, -0.05) is 25.1 Å². The molecule has 16 heavy (non-hydrogen) atoms. The Bertz CT molecular complexity index is 391. The van der Waals surface area contributed by atoms with E-state index in [0.717, 1.165) is 6.42 Å². The summed E-state index contributed by atoms with van der Waals surface area (Å²) in [5.41, 5.74) is 0.883. The third-order valence-electron chi connectivity index (χ3n) is 1.96. The first-order chi connectivity index (χ1) is 7.63. The third-order valence-corrected chi connectivity index (χ3v) is 1.96. The molecule has 0 aliphatic carbocycles. The summed E-state index contributed by atoms with van der Waals surface area (Å²) in [6.07, 6.45) is 3.99. The zero-order valence-corrected chi connectivity index (χ0v) is 9.05. The topological polar surface area (TPSA) is 69.6 Å². The molecule has 0 saturated heterocycles. The maximum Gasteiger partial charge on any atom is 0.488 e. The Labute approximate surface area is 94.8 Å². The van der Waals surface area contributed by atoms with E-state index in [1.807, 2.05) is 6.92 Å². The molecule has 5 heteroatoms. The Hall–Kier alpha value is -1.59. The highest BCUT2D eigenvalue weighted by atomic mass is 16.4. The van der Waals surface area contributed by atoms with Crippen molar-refractivity contribution in [1.29, 1.82) is 0 Å². The minimum atomic E-state index is -1.52. The second-order valence-corrected chi connectivity index (χ2v) is 3.30. The molecule has 1 rings (SSSR count). The van der Waals surface area contributed by atoms with E-state index < -0.39 is 7.12 Å². The number of nitrogens with one attached hydrogen (secondary N) is 1. The van der Waals surface area contributed by atoms with Crippen molar-refractivity contribution >= 4 is 24.2 Å². The summed E-state index contributed by atoms with van der Waals surface area (Å²) in [4.78, 5) is 11.3. The van der Waals surface area contributed by atoms with Gasteiger partial charge in [-0.2, -0.15) is 0 Å². The number of hydrogen-bond acceptors (Lipinski definition) is 3. The zero-order valence-electron chi connectivity index (χ0n) is 9.05. The van der Waals surface area contributed by atoms with E-state index in [1.165, 1.54) is 12.1 Å². The summed E-state index contributed by atoms with van der Waals surface area (Å²) in [7, 11) is -1.52. The first kappa shape index (κ1) is 12.5. The average molecular weight is 219 g/mol. The fraction of sp³-hybridized carbons (Fsp3) is 0.182. The first-order valence-electron chi connectivity index (χ1n) is 5.07. The van der Waals surface area contributed by atoms with E-state index in [-0.39, 0.29) is 5.91 Å². The van der Waals surface area contributed by atoms with Crippen LogP contribution in [-0.4, -0.2) is 23.1 Å². The van der Waals surface area contributed by atoms with Crippen molar-refractivity contribution in [2.45, 2.75) is 13.3 Å². The van der Waals surface area contributed by atoms with Crippen LogP contribution < -0.4 is 10.8 Å². The van der Waals surface area contributed by atoms with Crippen LogP contribution in [0, 0.1) is 0 Å². The molecule has 3 N–H and O–H groups in total. The highest BCUT2D eigenvalue weighted by molar-refractivity contribution is 6.58. The van der Waals surface area contributed by atoms with E-state index in [4.69, 9.17) is 10.0 Å². The first-order valence-corrected chi connectivity index (χ1v) is 5.07. The zero-order chi connectivity index (χ0) is 12.0. The standard InChI is InChI=1S/C11H14BNO3/c1-2-3-7-11(14)13-10-6-4-5-9(8-10)12(15)16/h3-8,15-16H,2H2,1H3,(H,13,14). The Kier molecular flexibility index (Phi) is 4.76. The fourth-order valence-electron chi connectivity index (χ4n) is 1.19. The van der Waals surface area contributed by atoms with Crippen molar-refractivity contribution in [3.63, 3.8) is 0 Å². The van der Waals surface area contributed by atoms with Crippen LogP contribution in [0.3, 0.4) is 0 Å². The van der Waals surface area contributed by atoms with Crippen molar-refractivity contribution in [2.75, 3.05) is 5.32 Å². The molecule has 0 aliphatic rings. The second kappa shape index (κ2) is 6.10. The molecule has 1 amide bonds. The molecule has 0 aliphatic heterocycles. The van der Waals surface area contributed by atoms with Gasteiger partial charge < -0.3 is 15.4 Å². The van der Waals surface area contributed by atoms with Crippen LogP contribution in [0.4, 0.5) is 5.69 Å². The van der Waals surface area contributed by atoms with Gasteiger partial charge in [0.1, 0.15) is 0 Å². The van der Waals surface area contributed by atoms with Gasteiger partial charge in [-0.25, -0.2) is 0 Å². The maximum atomic E-state index is 11.3. The molecule has 4 nitrogen and oxygen atoms in total. The molecule has 0 aromatic heterocycles. The summed E-state index contributed by atoms with van der Waals surface area (Å²) < 4.78 is 0. The highest BCUT2D eigenvalue weighted by Gasteiger charge is 2.10. The summed E-state index contributed by atoms with van der Waals surface area (Å²) in [6.45, 7) is 1.94. The number of carbonyl (C=O) groups excluding carboxylic acids is 1. The molecule has 0 unspecified atom stereocenters. The summed E-state index contributed by atoms with van der Waals surface area (Å²) in [5.74, 6) is -0.230. The van der Waals surface area contributed by atoms with Crippen molar-refractivity contribution in [1.82, 2.24) is 0 Å². The van der Waals surface area contributed by atoms with E-state index in [0.29, 0.717) is 11.2 Å². The van der Waals surface area contributed by atoms with Crippen molar-refractivity contribution in [3.8, 4) is 0 Å². The Balaban J connectivity index is 2.70. The largest absolute Gasteiger partial charge is 0.488 e. The summed E-state index contributed by atoms with van der Waals surface area (Å²) >= 11 is 0. The van der Waals surface area contributed by atoms with Crippen molar-refractivity contribution < 1.29 is 14.8 Å². The molecule has 0 atom stereocenters. The van der Waals surface area contributed by atoms with Crippen LogP contribution in [0.2, 0.25) is 0 Å². The van der Waals surface area contributed by atoms with E-state index in [9.17, 15) is 4.79 Å². The van der Waals surface area contributed by atoms with Crippen molar-refractivity contribution in [2.24, 2.45) is 0 Å². The van der Waals surface area contributed by atoms with E-state index >= 15 is 0 Å². The monoisotopic (exact) mass is 219 g/mol. The lowest BCUT2D eigenvalue weighted by Gasteiger charge is -2.04. The van der Waals surface area contributed by atoms with Crippen LogP contribution in [-0.2, 0) is 4.79 Å². The maximum absolute atomic E-state index is 11.3.